The van der Waals surface area contributed by atoms with E-state index < -0.39 is 15.3 Å². The third-order valence-electron chi connectivity index (χ3n) is 4.59. The number of anilines is 2. The van der Waals surface area contributed by atoms with E-state index >= 15 is 0 Å². The summed E-state index contributed by atoms with van der Waals surface area (Å²) in [7, 11) is -3.63. The number of carbonyl (C=O) groups is 2. The van der Waals surface area contributed by atoms with E-state index in [1.807, 2.05) is 0 Å². The minimum absolute atomic E-state index is 0.0500. The summed E-state index contributed by atoms with van der Waals surface area (Å²) in [5.74, 6) is -0.653. The lowest BCUT2D eigenvalue weighted by molar-refractivity contribution is -0.120. The lowest BCUT2D eigenvalue weighted by Crippen LogP contribution is -2.32. The molecule has 2 aromatic rings. The highest BCUT2D eigenvalue weighted by Gasteiger charge is 2.29. The largest absolute Gasteiger partial charge is 0.326 e. The Bertz CT molecular complexity index is 1070. The molecule has 0 spiro atoms. The average molecular weight is 468 g/mol. The molecule has 0 saturated heterocycles. The molecule has 2 amide bonds. The van der Waals surface area contributed by atoms with Crippen molar-refractivity contribution in [2.24, 2.45) is 0 Å². The van der Waals surface area contributed by atoms with E-state index in [1.165, 1.54) is 28.2 Å². The van der Waals surface area contributed by atoms with Crippen LogP contribution in [0.1, 0.15) is 20.3 Å². The topological polar surface area (TPSA) is 95.6 Å². The predicted octanol–water partition coefficient (Wildman–Crippen LogP) is 3.81. The van der Waals surface area contributed by atoms with Gasteiger partial charge < -0.3 is 10.6 Å². The number of hydrogen-bond donors (Lipinski definition) is 2. The molecule has 0 fully saturated rings. The summed E-state index contributed by atoms with van der Waals surface area (Å²) in [6, 6.07) is 11.3. The number of nitrogens with one attached hydrogen (secondary N) is 2. The predicted molar refractivity (Wildman–Crippen MR) is 120 cm³/mol. The molecule has 0 saturated carbocycles. The summed E-state index contributed by atoms with van der Waals surface area (Å²) >= 11 is 7.24. The van der Waals surface area contributed by atoms with Gasteiger partial charge in [0.05, 0.1) is 15.8 Å². The number of fused-ring (bicyclic) bond motifs is 1. The Morgan fingerprint density at radius 3 is 2.63 bits per heavy atom. The standard InChI is InChI=1S/C20H22ClN3O4S2/c1-3-24(4-2)30(27,28)15-7-5-6-14(11-15)22-19(25)12-18-20(26)23-16-10-13(21)8-9-17(16)29-18/h5-11,18H,3-4,12H2,1-2H3,(H,22,25)(H,23,26)/t18-/m0/s1. The van der Waals surface area contributed by atoms with Gasteiger partial charge in [0, 0.05) is 35.1 Å². The van der Waals surface area contributed by atoms with Crippen molar-refractivity contribution in [3.8, 4) is 0 Å². The van der Waals surface area contributed by atoms with Crippen molar-refractivity contribution in [2.45, 2.75) is 35.3 Å². The number of rotatable bonds is 7. The monoisotopic (exact) mass is 467 g/mol. The fourth-order valence-electron chi connectivity index (χ4n) is 3.08. The summed E-state index contributed by atoms with van der Waals surface area (Å²) < 4.78 is 26.7. The summed E-state index contributed by atoms with van der Waals surface area (Å²) in [5.41, 5.74) is 0.991. The number of halogens is 1. The highest BCUT2D eigenvalue weighted by atomic mass is 35.5. The van der Waals surface area contributed by atoms with Gasteiger partial charge in [-0.25, -0.2) is 8.42 Å². The lowest BCUT2D eigenvalue weighted by Gasteiger charge is -2.24. The third kappa shape index (κ3) is 4.97. The van der Waals surface area contributed by atoms with Crippen molar-refractivity contribution in [1.29, 1.82) is 0 Å². The van der Waals surface area contributed by atoms with Crippen molar-refractivity contribution in [3.63, 3.8) is 0 Å². The number of thioether (sulfide) groups is 1. The van der Waals surface area contributed by atoms with Gasteiger partial charge in [-0.05, 0) is 36.4 Å². The second kappa shape index (κ2) is 9.38. The van der Waals surface area contributed by atoms with Gasteiger partial charge in [0.1, 0.15) is 0 Å². The lowest BCUT2D eigenvalue weighted by atomic mass is 10.2. The number of amides is 2. The minimum atomic E-state index is -3.63. The molecule has 1 heterocycles. The van der Waals surface area contributed by atoms with Crippen molar-refractivity contribution >= 4 is 56.6 Å². The fourth-order valence-corrected chi connectivity index (χ4v) is 5.85. The second-order valence-corrected chi connectivity index (χ2v) is 10.2. The summed E-state index contributed by atoms with van der Waals surface area (Å²) in [4.78, 5) is 25.8. The van der Waals surface area contributed by atoms with E-state index in [-0.39, 0.29) is 23.1 Å². The summed E-state index contributed by atoms with van der Waals surface area (Å²) in [6.45, 7) is 4.25. The number of carbonyl (C=O) groups excluding carboxylic acids is 2. The van der Waals surface area contributed by atoms with E-state index in [2.05, 4.69) is 10.6 Å². The highest BCUT2D eigenvalue weighted by molar-refractivity contribution is 8.01. The maximum absolute atomic E-state index is 12.7. The zero-order valence-electron chi connectivity index (χ0n) is 16.5. The number of sulfonamides is 1. The molecule has 1 aliphatic rings. The Kier molecular flexibility index (Phi) is 7.07. The molecular formula is C20H22ClN3O4S2. The normalized spacial score (nSPS) is 16.1. The molecule has 1 aliphatic heterocycles. The van der Waals surface area contributed by atoms with Crippen LogP contribution in [0.15, 0.2) is 52.3 Å². The Balaban J connectivity index is 1.70. The van der Waals surface area contributed by atoms with Gasteiger partial charge in [-0.15, -0.1) is 11.8 Å². The molecule has 1 atom stereocenters. The molecule has 0 unspecified atom stereocenters. The molecule has 0 bridgehead atoms. The Morgan fingerprint density at radius 1 is 1.20 bits per heavy atom. The first-order valence-corrected chi connectivity index (χ1v) is 12.1. The van der Waals surface area contributed by atoms with Crippen LogP contribution < -0.4 is 10.6 Å². The van der Waals surface area contributed by atoms with Gasteiger partial charge in [-0.1, -0.05) is 31.5 Å². The van der Waals surface area contributed by atoms with Crippen molar-refractivity contribution < 1.29 is 18.0 Å². The van der Waals surface area contributed by atoms with Crippen molar-refractivity contribution in [2.75, 3.05) is 23.7 Å². The zero-order valence-corrected chi connectivity index (χ0v) is 18.9. The molecule has 0 aliphatic carbocycles. The molecule has 3 rings (SSSR count). The van der Waals surface area contributed by atoms with Crippen molar-refractivity contribution in [3.05, 3.63) is 47.5 Å². The SMILES string of the molecule is CCN(CC)S(=O)(=O)c1cccc(NC(=O)C[C@@H]2Sc3ccc(Cl)cc3NC2=O)c1. The van der Waals surface area contributed by atoms with E-state index in [0.29, 0.717) is 29.5 Å². The zero-order chi connectivity index (χ0) is 21.9. The van der Waals surface area contributed by atoms with Crippen LogP contribution in [0.25, 0.3) is 0 Å². The minimum Gasteiger partial charge on any atom is -0.326 e. The third-order valence-corrected chi connectivity index (χ3v) is 8.15. The molecule has 30 heavy (non-hydrogen) atoms. The van der Waals surface area contributed by atoms with Crippen LogP contribution in [0, 0.1) is 0 Å². The maximum Gasteiger partial charge on any atom is 0.243 e. The average Bonchev–Trinajstić information content (AvgIpc) is 2.69. The van der Waals surface area contributed by atoms with Gasteiger partial charge in [-0.3, -0.25) is 9.59 Å². The van der Waals surface area contributed by atoms with E-state index in [9.17, 15) is 18.0 Å². The molecule has 2 N–H and O–H groups in total. The number of nitrogens with zero attached hydrogens (tertiary/aromatic N) is 1. The second-order valence-electron chi connectivity index (χ2n) is 6.61. The Labute approximate surface area is 185 Å². The van der Waals surface area contributed by atoms with Gasteiger partial charge in [0.25, 0.3) is 0 Å². The van der Waals surface area contributed by atoms with Crippen LogP contribution in [-0.4, -0.2) is 42.9 Å². The van der Waals surface area contributed by atoms with E-state index in [1.54, 1.807) is 44.2 Å². The van der Waals surface area contributed by atoms with Gasteiger partial charge in [0.2, 0.25) is 21.8 Å². The van der Waals surface area contributed by atoms with Crippen LogP contribution in [0.3, 0.4) is 0 Å². The molecule has 0 aromatic heterocycles. The molecule has 160 valence electrons. The Morgan fingerprint density at radius 2 is 1.93 bits per heavy atom. The summed E-state index contributed by atoms with van der Waals surface area (Å²) in [5, 5.41) is 5.38. The van der Waals surface area contributed by atoms with Crippen molar-refractivity contribution in [1.82, 2.24) is 4.31 Å². The number of hydrogen-bond acceptors (Lipinski definition) is 5. The summed E-state index contributed by atoms with van der Waals surface area (Å²) in [6.07, 6.45) is -0.0500. The van der Waals surface area contributed by atoms with Crippen LogP contribution >= 0.6 is 23.4 Å². The van der Waals surface area contributed by atoms with Crippen LogP contribution in [0.5, 0.6) is 0 Å². The first-order valence-electron chi connectivity index (χ1n) is 9.41. The molecular weight excluding hydrogens is 446 g/mol. The quantitative estimate of drug-likeness (QED) is 0.645. The van der Waals surface area contributed by atoms with E-state index in [0.717, 1.165) is 4.90 Å². The maximum atomic E-state index is 12.7. The molecule has 0 radical (unpaired) electrons. The van der Waals surface area contributed by atoms with Crippen LogP contribution in [0.2, 0.25) is 5.02 Å². The smallest absolute Gasteiger partial charge is 0.243 e. The first kappa shape index (κ1) is 22.6. The van der Waals surface area contributed by atoms with Gasteiger partial charge >= 0.3 is 0 Å². The van der Waals surface area contributed by atoms with Crippen LogP contribution in [0.4, 0.5) is 11.4 Å². The van der Waals surface area contributed by atoms with Gasteiger partial charge in [0.15, 0.2) is 0 Å². The Hall–Kier alpha value is -2.07. The number of benzene rings is 2. The molecule has 2 aromatic carbocycles. The molecule has 10 heteroatoms. The van der Waals surface area contributed by atoms with Crippen LogP contribution in [-0.2, 0) is 19.6 Å². The highest BCUT2D eigenvalue weighted by Crippen LogP contribution is 2.38. The fraction of sp³-hybridized carbons (Fsp3) is 0.300. The molecule has 7 nitrogen and oxygen atoms in total. The first-order chi connectivity index (χ1) is 14.2. The van der Waals surface area contributed by atoms with Gasteiger partial charge in [-0.2, -0.15) is 4.31 Å². The van der Waals surface area contributed by atoms with E-state index in [4.69, 9.17) is 11.6 Å².